The number of nitrogens with one attached hydrogen (secondary N) is 1. The highest BCUT2D eigenvalue weighted by Gasteiger charge is 2.12. The van der Waals surface area contributed by atoms with Crippen molar-refractivity contribution >= 4 is 44.2 Å². The van der Waals surface area contributed by atoms with Crippen molar-refractivity contribution in [3.05, 3.63) is 48.5 Å². The molecule has 0 atom stereocenters. The van der Waals surface area contributed by atoms with E-state index >= 15 is 0 Å². The van der Waals surface area contributed by atoms with E-state index in [9.17, 15) is 13.2 Å². The Labute approximate surface area is 156 Å². The van der Waals surface area contributed by atoms with Gasteiger partial charge in [-0.1, -0.05) is 23.9 Å². The quantitative estimate of drug-likeness (QED) is 0.655. The van der Waals surface area contributed by atoms with E-state index in [1.807, 2.05) is 31.2 Å². The molecule has 8 heteroatoms. The summed E-state index contributed by atoms with van der Waals surface area (Å²) in [7, 11) is -3.24. The number of para-hydroxylation sites is 2. The number of carbonyl (C=O) groups excluding carboxylic acids is 1. The molecule has 0 fully saturated rings. The van der Waals surface area contributed by atoms with E-state index in [-0.39, 0.29) is 16.6 Å². The molecule has 0 saturated heterocycles. The lowest BCUT2D eigenvalue weighted by atomic mass is 10.3. The molecule has 1 N–H and O–H groups in total. The Morgan fingerprint density at radius 1 is 1.15 bits per heavy atom. The molecule has 0 unspecified atom stereocenters. The van der Waals surface area contributed by atoms with Crippen LogP contribution in [-0.4, -0.2) is 35.9 Å². The minimum absolute atomic E-state index is 0.170. The van der Waals surface area contributed by atoms with Crippen molar-refractivity contribution in [2.75, 3.05) is 17.3 Å². The smallest absolute Gasteiger partial charge is 0.234 e. The summed E-state index contributed by atoms with van der Waals surface area (Å²) in [6.07, 6.45) is 1.15. The number of thioether (sulfide) groups is 1. The van der Waals surface area contributed by atoms with Gasteiger partial charge in [0.25, 0.3) is 0 Å². The fraction of sp³-hybridized carbons (Fsp3) is 0.222. The van der Waals surface area contributed by atoms with Crippen LogP contribution in [-0.2, 0) is 21.2 Å². The van der Waals surface area contributed by atoms with E-state index in [0.717, 1.165) is 29.0 Å². The van der Waals surface area contributed by atoms with Crippen molar-refractivity contribution in [1.82, 2.24) is 9.55 Å². The predicted octanol–water partition coefficient (Wildman–Crippen LogP) is 3.19. The van der Waals surface area contributed by atoms with E-state index in [1.54, 1.807) is 12.1 Å². The SMILES string of the molecule is CCn1c(SCC(=O)Nc2ccc(S(C)(=O)=O)cc2)nc2ccccc21. The third-order valence-corrected chi connectivity index (χ3v) is 5.94. The molecule has 0 saturated carbocycles. The van der Waals surface area contributed by atoms with Gasteiger partial charge in [0.05, 0.1) is 21.7 Å². The molecule has 136 valence electrons. The molecule has 3 aromatic rings. The third kappa shape index (κ3) is 4.08. The predicted molar refractivity (Wildman–Crippen MR) is 104 cm³/mol. The summed E-state index contributed by atoms with van der Waals surface area (Å²) in [4.78, 5) is 17.0. The van der Waals surface area contributed by atoms with E-state index in [0.29, 0.717) is 5.69 Å². The number of benzene rings is 2. The van der Waals surface area contributed by atoms with E-state index in [4.69, 9.17) is 0 Å². The van der Waals surface area contributed by atoms with Crippen molar-refractivity contribution in [2.24, 2.45) is 0 Å². The zero-order chi connectivity index (χ0) is 18.7. The highest BCUT2D eigenvalue weighted by atomic mass is 32.2. The zero-order valence-corrected chi connectivity index (χ0v) is 16.1. The van der Waals surface area contributed by atoms with Crippen LogP contribution >= 0.6 is 11.8 Å². The number of carbonyl (C=O) groups is 1. The van der Waals surface area contributed by atoms with Crippen LogP contribution in [0.3, 0.4) is 0 Å². The topological polar surface area (TPSA) is 81.1 Å². The highest BCUT2D eigenvalue weighted by molar-refractivity contribution is 7.99. The average Bonchev–Trinajstić information content (AvgIpc) is 2.97. The first-order chi connectivity index (χ1) is 12.4. The Bertz CT molecular complexity index is 1040. The number of hydrogen-bond acceptors (Lipinski definition) is 5. The van der Waals surface area contributed by atoms with Crippen molar-refractivity contribution < 1.29 is 13.2 Å². The number of aryl methyl sites for hydroxylation is 1. The number of aromatic nitrogens is 2. The first kappa shape index (κ1) is 18.5. The summed E-state index contributed by atoms with van der Waals surface area (Å²) in [6.45, 7) is 2.82. The summed E-state index contributed by atoms with van der Waals surface area (Å²) in [6, 6.07) is 14.0. The molecule has 1 aromatic heterocycles. The van der Waals surface area contributed by atoms with Gasteiger partial charge < -0.3 is 9.88 Å². The lowest BCUT2D eigenvalue weighted by Crippen LogP contribution is -2.14. The second-order valence-corrected chi connectivity index (χ2v) is 8.72. The van der Waals surface area contributed by atoms with Gasteiger partial charge in [-0.15, -0.1) is 0 Å². The van der Waals surface area contributed by atoms with Crippen LogP contribution in [0, 0.1) is 0 Å². The summed E-state index contributed by atoms with van der Waals surface area (Å²) in [5.74, 6) is 0.0498. The van der Waals surface area contributed by atoms with Crippen LogP contribution in [0.1, 0.15) is 6.92 Å². The van der Waals surface area contributed by atoms with Gasteiger partial charge in [0, 0.05) is 18.5 Å². The number of imidazole rings is 1. The second kappa shape index (κ2) is 7.51. The molecule has 0 aliphatic rings. The Morgan fingerprint density at radius 3 is 2.50 bits per heavy atom. The normalized spacial score (nSPS) is 11.6. The maximum atomic E-state index is 12.2. The van der Waals surface area contributed by atoms with Gasteiger partial charge in [0.1, 0.15) is 0 Å². The number of hydrogen-bond donors (Lipinski definition) is 1. The number of amides is 1. The molecular weight excluding hydrogens is 370 g/mol. The van der Waals surface area contributed by atoms with Crippen LogP contribution in [0.4, 0.5) is 5.69 Å². The first-order valence-electron chi connectivity index (χ1n) is 8.06. The van der Waals surface area contributed by atoms with Crippen molar-refractivity contribution in [2.45, 2.75) is 23.5 Å². The number of nitrogens with zero attached hydrogens (tertiary/aromatic N) is 2. The van der Waals surface area contributed by atoms with E-state index in [2.05, 4.69) is 14.9 Å². The molecule has 0 bridgehead atoms. The largest absolute Gasteiger partial charge is 0.325 e. The average molecular weight is 390 g/mol. The maximum absolute atomic E-state index is 12.2. The lowest BCUT2D eigenvalue weighted by Gasteiger charge is -2.07. The Balaban J connectivity index is 1.66. The third-order valence-electron chi connectivity index (χ3n) is 3.83. The fourth-order valence-electron chi connectivity index (χ4n) is 2.58. The van der Waals surface area contributed by atoms with Gasteiger partial charge >= 0.3 is 0 Å². The molecule has 1 heterocycles. The van der Waals surface area contributed by atoms with Crippen LogP contribution in [0.25, 0.3) is 11.0 Å². The van der Waals surface area contributed by atoms with Crippen LogP contribution in [0.15, 0.2) is 58.6 Å². The Morgan fingerprint density at radius 2 is 1.85 bits per heavy atom. The minimum Gasteiger partial charge on any atom is -0.325 e. The molecule has 0 aliphatic carbocycles. The monoisotopic (exact) mass is 389 g/mol. The molecule has 2 aromatic carbocycles. The summed E-state index contributed by atoms with van der Waals surface area (Å²) in [5, 5.41) is 3.57. The molecule has 0 radical (unpaired) electrons. The van der Waals surface area contributed by atoms with Gasteiger partial charge in [-0.2, -0.15) is 0 Å². The van der Waals surface area contributed by atoms with Crippen molar-refractivity contribution in [1.29, 1.82) is 0 Å². The van der Waals surface area contributed by atoms with Crippen molar-refractivity contribution in [3.63, 3.8) is 0 Å². The number of fused-ring (bicyclic) bond motifs is 1. The Hall–Kier alpha value is -2.32. The molecule has 0 spiro atoms. The van der Waals surface area contributed by atoms with Crippen molar-refractivity contribution in [3.8, 4) is 0 Å². The highest BCUT2D eigenvalue weighted by Crippen LogP contribution is 2.24. The van der Waals surface area contributed by atoms with Gasteiger partial charge in [-0.25, -0.2) is 13.4 Å². The molecule has 0 aliphatic heterocycles. The maximum Gasteiger partial charge on any atom is 0.234 e. The summed E-state index contributed by atoms with van der Waals surface area (Å²) in [5.41, 5.74) is 2.52. The first-order valence-corrected chi connectivity index (χ1v) is 10.9. The number of rotatable bonds is 6. The standard InChI is InChI=1S/C18H19N3O3S2/c1-3-21-16-7-5-4-6-15(16)20-18(21)25-12-17(22)19-13-8-10-14(11-9-13)26(2,23)24/h4-11H,3,12H2,1-2H3,(H,19,22). The number of anilines is 1. The minimum atomic E-state index is -3.24. The molecule has 6 nitrogen and oxygen atoms in total. The van der Waals surface area contributed by atoms with Crippen LogP contribution in [0.5, 0.6) is 0 Å². The van der Waals surface area contributed by atoms with Crippen LogP contribution < -0.4 is 5.32 Å². The summed E-state index contributed by atoms with van der Waals surface area (Å²) >= 11 is 1.38. The van der Waals surface area contributed by atoms with E-state index in [1.165, 1.54) is 23.9 Å². The van der Waals surface area contributed by atoms with Gasteiger partial charge in [0.15, 0.2) is 15.0 Å². The van der Waals surface area contributed by atoms with Gasteiger partial charge in [-0.3, -0.25) is 4.79 Å². The fourth-order valence-corrected chi connectivity index (χ4v) is 4.09. The molecule has 26 heavy (non-hydrogen) atoms. The zero-order valence-electron chi connectivity index (χ0n) is 14.5. The Kier molecular flexibility index (Phi) is 5.33. The van der Waals surface area contributed by atoms with Crippen LogP contribution in [0.2, 0.25) is 0 Å². The molecular formula is C18H19N3O3S2. The lowest BCUT2D eigenvalue weighted by molar-refractivity contribution is -0.113. The van der Waals surface area contributed by atoms with E-state index < -0.39 is 9.84 Å². The number of sulfone groups is 1. The summed E-state index contributed by atoms with van der Waals surface area (Å²) < 4.78 is 25.0. The van der Waals surface area contributed by atoms with Gasteiger partial charge in [0.2, 0.25) is 5.91 Å². The molecule has 3 rings (SSSR count). The second-order valence-electron chi connectivity index (χ2n) is 5.76. The van der Waals surface area contributed by atoms with Gasteiger partial charge in [-0.05, 0) is 43.3 Å². The molecule has 1 amide bonds.